The van der Waals surface area contributed by atoms with Gasteiger partial charge in [0.1, 0.15) is 0 Å². The topological polar surface area (TPSA) is 78.4 Å². The zero-order valence-electron chi connectivity index (χ0n) is 10.7. The molecule has 0 spiro atoms. The van der Waals surface area contributed by atoms with Crippen LogP contribution in [0.15, 0.2) is 24.3 Å². The van der Waals surface area contributed by atoms with Gasteiger partial charge >= 0.3 is 5.97 Å². The molecule has 0 aromatic heterocycles. The smallest absolute Gasteiger partial charge is 0.307 e. The third-order valence-electron chi connectivity index (χ3n) is 3.00. The lowest BCUT2D eigenvalue weighted by Crippen LogP contribution is -2.34. The van der Waals surface area contributed by atoms with Crippen LogP contribution >= 0.6 is 0 Å². The first kappa shape index (κ1) is 13.5. The van der Waals surface area contributed by atoms with Gasteiger partial charge in [-0.05, 0) is 24.0 Å². The van der Waals surface area contributed by atoms with Gasteiger partial charge in [-0.1, -0.05) is 24.3 Å². The van der Waals surface area contributed by atoms with E-state index in [0.717, 1.165) is 24.0 Å². The zero-order valence-corrected chi connectivity index (χ0v) is 10.7. The maximum Gasteiger partial charge on any atom is 0.307 e. The van der Waals surface area contributed by atoms with Crippen molar-refractivity contribution in [2.24, 2.45) is 0 Å². The monoisotopic (exact) mass is 262 g/mol. The summed E-state index contributed by atoms with van der Waals surface area (Å²) in [5, 5.41) is 14.8. The Bertz CT molecular complexity index is 470. The van der Waals surface area contributed by atoms with Crippen LogP contribution in [0.5, 0.6) is 0 Å². The molecule has 5 heteroatoms. The largest absolute Gasteiger partial charge is 0.481 e. The fraction of sp³-hybridized carbons (Fsp3) is 0.429. The molecule has 0 aliphatic heterocycles. The normalized spacial score (nSPS) is 14.1. The van der Waals surface area contributed by atoms with Gasteiger partial charge in [0.15, 0.2) is 0 Å². The molecule has 0 radical (unpaired) electrons. The minimum atomic E-state index is -0.848. The summed E-state index contributed by atoms with van der Waals surface area (Å²) in [5.74, 6) is -0.850. The number of carbonyl (C=O) groups is 2. The Morgan fingerprint density at radius 2 is 1.89 bits per heavy atom. The van der Waals surface area contributed by atoms with Crippen molar-refractivity contribution >= 4 is 11.9 Å². The summed E-state index contributed by atoms with van der Waals surface area (Å²) in [7, 11) is 0. The van der Waals surface area contributed by atoms with E-state index in [4.69, 9.17) is 5.11 Å². The molecule has 0 unspecified atom stereocenters. The van der Waals surface area contributed by atoms with E-state index in [2.05, 4.69) is 10.6 Å². The van der Waals surface area contributed by atoms with Gasteiger partial charge in [0, 0.05) is 12.6 Å². The number of aliphatic carboxylic acids is 1. The first-order chi connectivity index (χ1) is 9.15. The second-order valence-electron chi connectivity index (χ2n) is 4.78. The molecule has 0 atom stereocenters. The van der Waals surface area contributed by atoms with Crippen LogP contribution in [0, 0.1) is 0 Å². The second kappa shape index (κ2) is 6.33. The number of hydrogen-bond donors (Lipinski definition) is 3. The van der Waals surface area contributed by atoms with Gasteiger partial charge < -0.3 is 15.7 Å². The van der Waals surface area contributed by atoms with Gasteiger partial charge in [-0.3, -0.25) is 9.59 Å². The maximum atomic E-state index is 11.5. The summed E-state index contributed by atoms with van der Waals surface area (Å²) in [6.07, 6.45) is 2.16. The fourth-order valence-corrected chi connectivity index (χ4v) is 1.88. The summed E-state index contributed by atoms with van der Waals surface area (Å²) in [5.41, 5.74) is 1.70. The van der Waals surface area contributed by atoms with Crippen LogP contribution in [-0.4, -0.2) is 29.6 Å². The van der Waals surface area contributed by atoms with Gasteiger partial charge in [0.05, 0.1) is 13.0 Å². The van der Waals surface area contributed by atoms with Crippen molar-refractivity contribution in [3.63, 3.8) is 0 Å². The van der Waals surface area contributed by atoms with Crippen LogP contribution in [-0.2, 0) is 22.6 Å². The highest BCUT2D eigenvalue weighted by Gasteiger charge is 2.22. The number of carboxylic acid groups (broad SMARTS) is 1. The van der Waals surface area contributed by atoms with Crippen LogP contribution < -0.4 is 10.6 Å². The maximum absolute atomic E-state index is 11.5. The first-order valence-electron chi connectivity index (χ1n) is 6.44. The van der Waals surface area contributed by atoms with Crippen LogP contribution in [0.3, 0.4) is 0 Å². The molecule has 0 heterocycles. The highest BCUT2D eigenvalue weighted by molar-refractivity contribution is 5.78. The molecule has 3 N–H and O–H groups in total. The Morgan fingerprint density at radius 1 is 1.21 bits per heavy atom. The molecule has 1 fully saturated rings. The summed E-state index contributed by atoms with van der Waals surface area (Å²) in [4.78, 5) is 22.2. The number of carboxylic acids is 1. The van der Waals surface area contributed by atoms with E-state index in [1.54, 1.807) is 6.07 Å². The van der Waals surface area contributed by atoms with E-state index < -0.39 is 5.97 Å². The second-order valence-corrected chi connectivity index (χ2v) is 4.78. The van der Waals surface area contributed by atoms with Crippen molar-refractivity contribution in [2.45, 2.75) is 31.8 Å². The number of benzene rings is 1. The Balaban J connectivity index is 1.80. The minimum absolute atomic E-state index is 0.00165. The highest BCUT2D eigenvalue weighted by Crippen LogP contribution is 2.18. The molecule has 0 saturated heterocycles. The average Bonchev–Trinajstić information content (AvgIpc) is 3.14. The van der Waals surface area contributed by atoms with Gasteiger partial charge in [-0.25, -0.2) is 0 Å². The molecule has 19 heavy (non-hydrogen) atoms. The molecule has 0 bridgehead atoms. The number of rotatable bonds is 7. The minimum Gasteiger partial charge on any atom is -0.481 e. The van der Waals surface area contributed by atoms with Crippen LogP contribution in [0.2, 0.25) is 0 Å². The van der Waals surface area contributed by atoms with Crippen molar-refractivity contribution in [1.29, 1.82) is 0 Å². The van der Waals surface area contributed by atoms with E-state index in [1.807, 2.05) is 18.2 Å². The van der Waals surface area contributed by atoms with E-state index >= 15 is 0 Å². The quantitative estimate of drug-likeness (QED) is 0.675. The van der Waals surface area contributed by atoms with E-state index in [1.165, 1.54) is 0 Å². The molecule has 1 aromatic carbocycles. The van der Waals surface area contributed by atoms with E-state index in [9.17, 15) is 9.59 Å². The Hall–Kier alpha value is -1.88. The summed E-state index contributed by atoms with van der Waals surface area (Å²) in [6, 6.07) is 7.74. The third kappa shape index (κ3) is 4.71. The summed E-state index contributed by atoms with van der Waals surface area (Å²) in [6.45, 7) is 0.763. The van der Waals surface area contributed by atoms with Crippen LogP contribution in [0.25, 0.3) is 0 Å². The number of carbonyl (C=O) groups excluding carboxylic acids is 1. The lowest BCUT2D eigenvalue weighted by molar-refractivity contribution is -0.136. The van der Waals surface area contributed by atoms with Crippen molar-refractivity contribution in [3.8, 4) is 0 Å². The SMILES string of the molecule is O=C(O)Cc1ccccc1CNCC(=O)NC1CC1. The van der Waals surface area contributed by atoms with Gasteiger partial charge in [0.25, 0.3) is 0 Å². The van der Waals surface area contributed by atoms with Crippen molar-refractivity contribution in [3.05, 3.63) is 35.4 Å². The Morgan fingerprint density at radius 3 is 2.53 bits per heavy atom. The number of amides is 1. The molecule has 5 nitrogen and oxygen atoms in total. The lowest BCUT2D eigenvalue weighted by Gasteiger charge is -2.09. The van der Waals surface area contributed by atoms with Crippen molar-refractivity contribution < 1.29 is 14.7 Å². The number of hydrogen-bond acceptors (Lipinski definition) is 3. The molecular weight excluding hydrogens is 244 g/mol. The molecule has 1 aromatic rings. The highest BCUT2D eigenvalue weighted by atomic mass is 16.4. The summed E-state index contributed by atoms with van der Waals surface area (Å²) < 4.78 is 0. The Kier molecular flexibility index (Phi) is 4.52. The molecule has 1 saturated carbocycles. The molecule has 1 aliphatic carbocycles. The first-order valence-corrected chi connectivity index (χ1v) is 6.44. The third-order valence-corrected chi connectivity index (χ3v) is 3.00. The van der Waals surface area contributed by atoms with Gasteiger partial charge in [-0.2, -0.15) is 0 Å². The zero-order chi connectivity index (χ0) is 13.7. The molecule has 1 amide bonds. The molecule has 2 rings (SSSR count). The van der Waals surface area contributed by atoms with Crippen LogP contribution in [0.1, 0.15) is 24.0 Å². The van der Waals surface area contributed by atoms with Gasteiger partial charge in [-0.15, -0.1) is 0 Å². The van der Waals surface area contributed by atoms with Crippen LogP contribution in [0.4, 0.5) is 0 Å². The van der Waals surface area contributed by atoms with E-state index in [0.29, 0.717) is 12.6 Å². The predicted molar refractivity (Wildman–Crippen MR) is 70.7 cm³/mol. The molecular formula is C14H18N2O3. The summed E-state index contributed by atoms with van der Waals surface area (Å²) >= 11 is 0. The average molecular weight is 262 g/mol. The van der Waals surface area contributed by atoms with E-state index in [-0.39, 0.29) is 18.9 Å². The lowest BCUT2D eigenvalue weighted by atomic mass is 10.0. The molecule has 102 valence electrons. The Labute approximate surface area is 112 Å². The van der Waals surface area contributed by atoms with Crippen molar-refractivity contribution in [1.82, 2.24) is 10.6 Å². The standard InChI is InChI=1S/C14H18N2O3/c17-13(16-12-5-6-12)9-15-8-11-4-2-1-3-10(11)7-14(18)19/h1-4,12,15H,5-9H2,(H,16,17)(H,18,19). The predicted octanol–water partition coefficient (Wildman–Crippen LogP) is 0.682. The fourth-order valence-electron chi connectivity index (χ4n) is 1.88. The molecule has 1 aliphatic rings. The number of nitrogens with one attached hydrogen (secondary N) is 2. The van der Waals surface area contributed by atoms with Gasteiger partial charge in [0.2, 0.25) is 5.91 Å². The van der Waals surface area contributed by atoms with Crippen molar-refractivity contribution in [2.75, 3.05) is 6.54 Å².